The van der Waals surface area contributed by atoms with Gasteiger partial charge in [0.25, 0.3) is 0 Å². The summed E-state index contributed by atoms with van der Waals surface area (Å²) in [6.07, 6.45) is 0. The largest absolute Gasteiger partial charge is 0.438 e. The van der Waals surface area contributed by atoms with E-state index in [9.17, 15) is 0 Å². The molecule has 0 aliphatic carbocycles. The highest BCUT2D eigenvalue weighted by Crippen LogP contribution is 2.43. The van der Waals surface area contributed by atoms with E-state index in [1.807, 2.05) is 157 Å². The van der Waals surface area contributed by atoms with Gasteiger partial charge in [-0.1, -0.05) is 237 Å². The van der Waals surface area contributed by atoms with Crippen LogP contribution in [0.2, 0.25) is 21.1 Å². The van der Waals surface area contributed by atoms with Crippen LogP contribution in [0, 0.1) is 0 Å². The summed E-state index contributed by atoms with van der Waals surface area (Å²) in [5, 5.41) is 15.5. The SMILES string of the molecule is Clc1nc(-c2ccc3cc(-c4ccccc4)ccc3c2)c2c(n1)oc1ccccc12.Clc1nc(-c2ccc3ccccc3c2)c2c(n1)oc1ccccc12.Clc1nc(-c2cccc(-c3ccc4sc5ccccc5c4c3)c2)c2c(n1)oc1ccccc12.Clc1nc(-c2ccccc2)c2c(n1)oc1ccccc12. The van der Waals surface area contributed by atoms with Crippen molar-refractivity contribution in [3.05, 3.63) is 324 Å². The Kier molecular flexibility index (Phi) is 16.7. The average molecular weight is 1480 g/mol. The Morgan fingerprint density at radius 1 is 0.206 bits per heavy atom. The number of thiophene rings is 1. The lowest BCUT2D eigenvalue weighted by Gasteiger charge is -2.08. The smallest absolute Gasteiger partial charge is 0.232 e. The summed E-state index contributed by atoms with van der Waals surface area (Å²) in [5.41, 5.74) is 17.0. The first kappa shape index (κ1) is 65.1. The predicted octanol–water partition coefficient (Wildman–Crippen LogP) is 26.8. The zero-order valence-corrected chi connectivity index (χ0v) is 59.8. The van der Waals surface area contributed by atoms with Crippen LogP contribution in [0.4, 0.5) is 0 Å². The summed E-state index contributed by atoms with van der Waals surface area (Å²) in [5.74, 6) is 0. The summed E-state index contributed by atoms with van der Waals surface area (Å²) in [6.45, 7) is 0. The molecule has 22 aromatic rings. The minimum absolute atomic E-state index is 0.174. The third-order valence-corrected chi connectivity index (χ3v) is 20.8. The van der Waals surface area contributed by atoms with Gasteiger partial charge in [-0.3, -0.25) is 0 Å². The maximum absolute atomic E-state index is 6.29. The highest BCUT2D eigenvalue weighted by molar-refractivity contribution is 7.25. The molecule has 0 amide bonds. The molecule has 0 spiro atoms. The van der Waals surface area contributed by atoms with Gasteiger partial charge in [0.1, 0.15) is 22.3 Å². The zero-order chi connectivity index (χ0) is 71.6. The third kappa shape index (κ3) is 12.3. The standard InChI is InChI=1S/C28H15ClN2OS.C26H15ClN2O.C20H11ClN2O.C16H9ClN2O/c29-28-30-26(25-20-9-1-3-10-22(20)32-27(25)31-28)18-7-5-6-16(14-18)17-12-13-24-21(15-17)19-8-2-4-11-23(19)33-24;27-26-28-24(23-21-8-4-5-9-22(21)30-25(23)29-26)20-13-12-18-14-17(10-11-19(18)15-20)16-6-2-1-3-7-16;21-20-22-18(14-10-9-12-5-1-2-6-13(12)11-14)17-15-7-3-4-8-16(15)24-19(17)23-20;17-16-18-14(10-6-2-1-3-7-10)13-11-8-4-5-9-12(11)20-15(13)19-16/h1-15H;1-15H;1-11H;1-9H. The van der Waals surface area contributed by atoms with E-state index in [0.717, 1.165) is 127 Å². The lowest BCUT2D eigenvalue weighted by molar-refractivity contribution is 0.652. The van der Waals surface area contributed by atoms with Crippen molar-refractivity contribution < 1.29 is 17.7 Å². The fourth-order valence-electron chi connectivity index (χ4n) is 14.1. The second-order valence-corrected chi connectivity index (χ2v) is 27.9. The molecule has 0 N–H and O–H groups in total. The number of furan rings is 4. The number of nitrogens with zero attached hydrogens (tertiary/aromatic N) is 8. The Morgan fingerprint density at radius 3 is 1.00 bits per heavy atom. The Morgan fingerprint density at radius 2 is 0.514 bits per heavy atom. The van der Waals surface area contributed by atoms with E-state index >= 15 is 0 Å². The van der Waals surface area contributed by atoms with Gasteiger partial charge in [0.05, 0.1) is 44.3 Å². The van der Waals surface area contributed by atoms with Crippen molar-refractivity contribution in [2.45, 2.75) is 0 Å². The number of halogens is 4. The lowest BCUT2D eigenvalue weighted by Crippen LogP contribution is -1.90. The van der Waals surface area contributed by atoms with Gasteiger partial charge in [-0.2, -0.15) is 19.9 Å². The van der Waals surface area contributed by atoms with Gasteiger partial charge in [-0.05, 0) is 157 Å². The monoisotopic (exact) mass is 1480 g/mol. The van der Waals surface area contributed by atoms with E-state index in [2.05, 4.69) is 198 Å². The van der Waals surface area contributed by atoms with Gasteiger partial charge in [-0.25, -0.2) is 19.9 Å². The van der Waals surface area contributed by atoms with Crippen molar-refractivity contribution in [1.29, 1.82) is 0 Å². The molecule has 22 rings (SSSR count). The number of aromatic nitrogens is 8. The van der Waals surface area contributed by atoms with Crippen molar-refractivity contribution in [2.24, 2.45) is 0 Å². The molecule has 0 aliphatic heterocycles. The van der Waals surface area contributed by atoms with Gasteiger partial charge < -0.3 is 17.7 Å². The molecule has 9 aromatic heterocycles. The molecule has 0 bridgehead atoms. The molecule has 13 aromatic carbocycles. The van der Waals surface area contributed by atoms with E-state index in [-0.39, 0.29) is 21.1 Å². The van der Waals surface area contributed by atoms with Crippen LogP contribution in [-0.4, -0.2) is 39.9 Å². The van der Waals surface area contributed by atoms with Crippen molar-refractivity contribution in [2.75, 3.05) is 0 Å². The van der Waals surface area contributed by atoms with Crippen LogP contribution in [0.5, 0.6) is 0 Å². The van der Waals surface area contributed by atoms with Crippen LogP contribution in [0.1, 0.15) is 0 Å². The van der Waals surface area contributed by atoms with Gasteiger partial charge in [0.2, 0.25) is 44.0 Å². The van der Waals surface area contributed by atoms with Crippen LogP contribution in [0.15, 0.2) is 321 Å². The average Bonchev–Trinajstić information content (AvgIpc) is 1.66. The third-order valence-electron chi connectivity index (χ3n) is 19.0. The van der Waals surface area contributed by atoms with Gasteiger partial charge in [0, 0.05) is 64.0 Å². The van der Waals surface area contributed by atoms with Crippen LogP contribution >= 0.6 is 57.7 Å². The second kappa shape index (κ2) is 27.4. The van der Waals surface area contributed by atoms with Crippen LogP contribution < -0.4 is 0 Å². The first-order valence-corrected chi connectivity index (χ1v) is 36.5. The Labute approximate surface area is 632 Å². The number of hydrogen-bond donors (Lipinski definition) is 0. The van der Waals surface area contributed by atoms with Crippen LogP contribution in [0.3, 0.4) is 0 Å². The first-order valence-electron chi connectivity index (χ1n) is 34.2. The van der Waals surface area contributed by atoms with Gasteiger partial charge in [-0.15, -0.1) is 11.3 Å². The van der Waals surface area contributed by atoms with Crippen LogP contribution in [0.25, 0.3) is 197 Å². The van der Waals surface area contributed by atoms with E-state index < -0.39 is 0 Å². The predicted molar refractivity (Wildman–Crippen MR) is 438 cm³/mol. The van der Waals surface area contributed by atoms with Gasteiger partial charge in [0.15, 0.2) is 0 Å². The molecule has 107 heavy (non-hydrogen) atoms. The summed E-state index contributed by atoms with van der Waals surface area (Å²) >= 11 is 26.5. The fraction of sp³-hybridized carbons (Fsp3) is 0. The molecule has 0 saturated heterocycles. The van der Waals surface area contributed by atoms with Crippen molar-refractivity contribution in [3.8, 4) is 67.3 Å². The minimum Gasteiger partial charge on any atom is -0.438 e. The van der Waals surface area contributed by atoms with E-state index in [1.54, 1.807) is 0 Å². The second-order valence-electron chi connectivity index (χ2n) is 25.4. The lowest BCUT2D eigenvalue weighted by atomic mass is 9.98. The molecular formula is C90H50Cl4N8O4S. The number of para-hydroxylation sites is 4. The molecule has 12 nitrogen and oxygen atoms in total. The molecule has 508 valence electrons. The normalized spacial score (nSPS) is 11.6. The Balaban J connectivity index is 0.0000000990. The topological polar surface area (TPSA) is 156 Å². The number of fused-ring (bicyclic) bond motifs is 17. The summed E-state index contributed by atoms with van der Waals surface area (Å²) in [4.78, 5) is 35.1. The zero-order valence-electron chi connectivity index (χ0n) is 56.0. The maximum Gasteiger partial charge on any atom is 0.232 e. The number of benzene rings is 13. The van der Waals surface area contributed by atoms with E-state index in [1.165, 1.54) is 47.6 Å². The molecule has 0 atom stereocenters. The minimum atomic E-state index is 0.174. The molecule has 0 unspecified atom stereocenters. The fourth-order valence-corrected chi connectivity index (χ4v) is 15.8. The van der Waals surface area contributed by atoms with Crippen molar-refractivity contribution in [3.63, 3.8) is 0 Å². The molecule has 0 saturated carbocycles. The highest BCUT2D eigenvalue weighted by Gasteiger charge is 2.22. The molecule has 0 aliphatic rings. The Bertz CT molecular complexity index is 7250. The summed E-state index contributed by atoms with van der Waals surface area (Å²) in [6, 6.07) is 103. The van der Waals surface area contributed by atoms with Crippen molar-refractivity contribution in [1.82, 2.24) is 39.9 Å². The molecule has 9 heterocycles. The quantitative estimate of drug-likeness (QED) is 0.145. The first-order chi connectivity index (χ1) is 52.6. The highest BCUT2D eigenvalue weighted by atomic mass is 35.5. The summed E-state index contributed by atoms with van der Waals surface area (Å²) < 4.78 is 26.1. The molecule has 0 fully saturated rings. The van der Waals surface area contributed by atoms with E-state index in [4.69, 9.17) is 64.1 Å². The molecule has 0 radical (unpaired) electrons. The summed E-state index contributed by atoms with van der Waals surface area (Å²) in [7, 11) is 0. The maximum atomic E-state index is 6.29. The van der Waals surface area contributed by atoms with Crippen molar-refractivity contribution >= 4 is 188 Å². The van der Waals surface area contributed by atoms with E-state index in [0.29, 0.717) is 22.9 Å². The van der Waals surface area contributed by atoms with Gasteiger partial charge >= 0.3 is 0 Å². The molecule has 17 heteroatoms. The molecular weight excluding hydrogens is 1430 g/mol. The number of rotatable bonds is 6. The number of hydrogen-bond acceptors (Lipinski definition) is 13. The van der Waals surface area contributed by atoms with Crippen LogP contribution in [-0.2, 0) is 0 Å². The Hall–Kier alpha value is -12.7.